The fourth-order valence-electron chi connectivity index (χ4n) is 2.28. The molecule has 0 radical (unpaired) electrons. The number of piperidine rings is 1. The van der Waals surface area contributed by atoms with Crippen molar-refractivity contribution in [2.75, 3.05) is 13.1 Å². The summed E-state index contributed by atoms with van der Waals surface area (Å²) in [6.45, 7) is 2.20. The van der Waals surface area contributed by atoms with Crippen LogP contribution in [-0.4, -0.2) is 28.0 Å². The Labute approximate surface area is 94.5 Å². The molecule has 0 saturated carbocycles. The van der Waals surface area contributed by atoms with Crippen LogP contribution in [0.5, 0.6) is 0 Å². The molecule has 0 atom stereocenters. The highest BCUT2D eigenvalue weighted by atomic mass is 14.9. The Morgan fingerprint density at radius 1 is 1.25 bits per heavy atom. The first-order valence-electron chi connectivity index (χ1n) is 5.82. The maximum absolute atomic E-state index is 4.50. The average molecular weight is 216 g/mol. The predicted octanol–water partition coefficient (Wildman–Crippen LogP) is 1.87. The number of hydrogen-bond acceptors (Lipinski definition) is 2. The summed E-state index contributed by atoms with van der Waals surface area (Å²) in [6.07, 6.45) is 8.21. The average Bonchev–Trinajstić information content (AvgIpc) is 3.01. The van der Waals surface area contributed by atoms with E-state index in [0.717, 1.165) is 24.6 Å². The fraction of sp³-hybridized carbons (Fsp3) is 0.417. The van der Waals surface area contributed by atoms with Crippen LogP contribution < -0.4 is 5.32 Å². The number of aromatic amines is 2. The molecule has 0 aliphatic carbocycles. The summed E-state index contributed by atoms with van der Waals surface area (Å²) in [4.78, 5) is 11.0. The van der Waals surface area contributed by atoms with E-state index in [9.17, 15) is 0 Å². The molecule has 3 rings (SSSR count). The number of nitrogens with zero attached hydrogens (tertiary/aromatic N) is 1. The van der Waals surface area contributed by atoms with Crippen molar-refractivity contribution in [2.24, 2.45) is 0 Å². The minimum atomic E-state index is 0.592. The quantitative estimate of drug-likeness (QED) is 0.717. The zero-order valence-electron chi connectivity index (χ0n) is 9.16. The van der Waals surface area contributed by atoms with Crippen LogP contribution in [0.15, 0.2) is 24.7 Å². The van der Waals surface area contributed by atoms with Gasteiger partial charge in [-0.15, -0.1) is 0 Å². The van der Waals surface area contributed by atoms with Crippen LogP contribution in [0.4, 0.5) is 0 Å². The Morgan fingerprint density at radius 2 is 2.12 bits per heavy atom. The molecule has 4 heteroatoms. The maximum atomic E-state index is 4.50. The van der Waals surface area contributed by atoms with E-state index in [-0.39, 0.29) is 0 Å². The Morgan fingerprint density at radius 3 is 2.88 bits per heavy atom. The summed E-state index contributed by atoms with van der Waals surface area (Å²) < 4.78 is 0. The minimum Gasteiger partial charge on any atom is -0.367 e. The van der Waals surface area contributed by atoms with Crippen molar-refractivity contribution in [3.8, 4) is 11.3 Å². The zero-order chi connectivity index (χ0) is 10.8. The smallest absolute Gasteiger partial charge is 0.109 e. The van der Waals surface area contributed by atoms with E-state index in [0.29, 0.717) is 5.92 Å². The van der Waals surface area contributed by atoms with Crippen LogP contribution >= 0.6 is 0 Å². The summed E-state index contributed by atoms with van der Waals surface area (Å²) in [5.74, 6) is 1.73. The van der Waals surface area contributed by atoms with Gasteiger partial charge < -0.3 is 15.3 Å². The van der Waals surface area contributed by atoms with Crippen LogP contribution in [0.25, 0.3) is 11.3 Å². The minimum absolute atomic E-state index is 0.592. The lowest BCUT2D eigenvalue weighted by molar-refractivity contribution is 0.447. The molecule has 1 aliphatic heterocycles. The molecule has 0 unspecified atom stereocenters. The van der Waals surface area contributed by atoms with E-state index in [2.05, 4.69) is 26.3 Å². The van der Waals surface area contributed by atoms with Crippen molar-refractivity contribution in [1.82, 2.24) is 20.3 Å². The first kappa shape index (κ1) is 9.66. The second-order valence-corrected chi connectivity index (χ2v) is 4.31. The highest BCUT2D eigenvalue weighted by molar-refractivity contribution is 5.57. The lowest BCUT2D eigenvalue weighted by atomic mass is 9.98. The van der Waals surface area contributed by atoms with Gasteiger partial charge in [0.25, 0.3) is 0 Å². The molecule has 1 fully saturated rings. The van der Waals surface area contributed by atoms with Crippen molar-refractivity contribution in [1.29, 1.82) is 0 Å². The number of imidazole rings is 1. The van der Waals surface area contributed by atoms with Crippen LogP contribution in [0.1, 0.15) is 24.6 Å². The number of nitrogens with one attached hydrogen (secondary N) is 3. The molecule has 0 bridgehead atoms. The van der Waals surface area contributed by atoms with Gasteiger partial charge in [0.1, 0.15) is 5.82 Å². The van der Waals surface area contributed by atoms with E-state index in [1.165, 1.54) is 18.4 Å². The molecule has 1 aliphatic rings. The molecular formula is C12H16N4. The van der Waals surface area contributed by atoms with Gasteiger partial charge in [0.15, 0.2) is 0 Å². The van der Waals surface area contributed by atoms with Gasteiger partial charge in [-0.3, -0.25) is 0 Å². The number of aromatic nitrogens is 3. The lowest BCUT2D eigenvalue weighted by Gasteiger charge is -2.20. The lowest BCUT2D eigenvalue weighted by Crippen LogP contribution is -2.27. The number of H-pyrrole nitrogens is 2. The molecule has 0 spiro atoms. The van der Waals surface area contributed by atoms with Crippen LogP contribution in [0.3, 0.4) is 0 Å². The highest BCUT2D eigenvalue weighted by Crippen LogP contribution is 2.25. The van der Waals surface area contributed by atoms with Crippen molar-refractivity contribution in [2.45, 2.75) is 18.8 Å². The first-order chi connectivity index (χ1) is 7.93. The molecule has 0 aromatic carbocycles. The number of rotatable bonds is 2. The second-order valence-electron chi connectivity index (χ2n) is 4.31. The summed E-state index contributed by atoms with van der Waals surface area (Å²) >= 11 is 0. The molecule has 4 nitrogen and oxygen atoms in total. The van der Waals surface area contributed by atoms with E-state index >= 15 is 0 Å². The van der Waals surface area contributed by atoms with Crippen LogP contribution in [-0.2, 0) is 0 Å². The van der Waals surface area contributed by atoms with Gasteiger partial charge in [-0.25, -0.2) is 4.98 Å². The third kappa shape index (κ3) is 1.76. The van der Waals surface area contributed by atoms with Gasteiger partial charge in [-0.2, -0.15) is 0 Å². The molecular weight excluding hydrogens is 200 g/mol. The van der Waals surface area contributed by atoms with E-state index < -0.39 is 0 Å². The SMILES string of the molecule is c1cc(-c2cnc(C3CCNCC3)[nH]2)c[nH]1. The van der Waals surface area contributed by atoms with Gasteiger partial charge >= 0.3 is 0 Å². The fourth-order valence-corrected chi connectivity index (χ4v) is 2.28. The van der Waals surface area contributed by atoms with Gasteiger partial charge in [-0.05, 0) is 32.0 Å². The van der Waals surface area contributed by atoms with E-state index in [1.54, 1.807) is 0 Å². The topological polar surface area (TPSA) is 56.5 Å². The zero-order valence-corrected chi connectivity index (χ0v) is 9.16. The first-order valence-corrected chi connectivity index (χ1v) is 5.82. The highest BCUT2D eigenvalue weighted by Gasteiger charge is 2.18. The Hall–Kier alpha value is -1.55. The largest absolute Gasteiger partial charge is 0.367 e. The van der Waals surface area contributed by atoms with Gasteiger partial charge in [0, 0.05) is 23.9 Å². The molecule has 0 amide bonds. The standard InChI is InChI=1S/C12H16N4/c1-4-13-5-2-9(1)12-15-8-11(16-12)10-3-6-14-7-10/h3,6-9,13-14H,1-2,4-5H2,(H,15,16). The molecule has 1 saturated heterocycles. The summed E-state index contributed by atoms with van der Waals surface area (Å²) in [7, 11) is 0. The molecule has 16 heavy (non-hydrogen) atoms. The summed E-state index contributed by atoms with van der Waals surface area (Å²) in [5.41, 5.74) is 2.28. The predicted molar refractivity (Wildman–Crippen MR) is 63.2 cm³/mol. The molecule has 84 valence electrons. The van der Waals surface area contributed by atoms with Gasteiger partial charge in [0.2, 0.25) is 0 Å². The monoisotopic (exact) mass is 216 g/mol. The second kappa shape index (κ2) is 4.14. The molecule has 3 heterocycles. The third-order valence-electron chi connectivity index (χ3n) is 3.23. The number of hydrogen-bond donors (Lipinski definition) is 3. The summed E-state index contributed by atoms with van der Waals surface area (Å²) in [5, 5.41) is 3.37. The Bertz CT molecular complexity index is 437. The van der Waals surface area contributed by atoms with Crippen molar-refractivity contribution in [3.63, 3.8) is 0 Å². The molecule has 2 aromatic heterocycles. The Kier molecular flexibility index (Phi) is 2.50. The van der Waals surface area contributed by atoms with Crippen LogP contribution in [0, 0.1) is 0 Å². The van der Waals surface area contributed by atoms with Crippen molar-refractivity contribution >= 4 is 0 Å². The maximum Gasteiger partial charge on any atom is 0.109 e. The third-order valence-corrected chi connectivity index (χ3v) is 3.23. The molecule has 2 aromatic rings. The van der Waals surface area contributed by atoms with E-state index in [4.69, 9.17) is 0 Å². The summed E-state index contributed by atoms with van der Waals surface area (Å²) in [6, 6.07) is 2.06. The molecule has 3 N–H and O–H groups in total. The van der Waals surface area contributed by atoms with Crippen molar-refractivity contribution in [3.05, 3.63) is 30.5 Å². The van der Waals surface area contributed by atoms with E-state index in [1.807, 2.05) is 18.6 Å². The van der Waals surface area contributed by atoms with Gasteiger partial charge in [-0.1, -0.05) is 0 Å². The van der Waals surface area contributed by atoms with Crippen LogP contribution in [0.2, 0.25) is 0 Å². The van der Waals surface area contributed by atoms with Crippen molar-refractivity contribution < 1.29 is 0 Å². The van der Waals surface area contributed by atoms with Gasteiger partial charge in [0.05, 0.1) is 11.9 Å². The Balaban J connectivity index is 1.82. The normalized spacial score (nSPS) is 17.8.